The smallest absolute Gasteiger partial charge is 0.260 e. The highest BCUT2D eigenvalue weighted by atomic mass is 35.5. The zero-order valence-corrected chi connectivity index (χ0v) is 24.6. The number of likely N-dealkylation sites (N-methyl/N-ethyl adjacent to an activating group) is 1. The second kappa shape index (κ2) is 10.1. The molecule has 2 aromatic carbocycles. The summed E-state index contributed by atoms with van der Waals surface area (Å²) in [6.45, 7) is 0.0658. The van der Waals surface area contributed by atoms with Gasteiger partial charge in [-0.1, -0.05) is 11.6 Å². The van der Waals surface area contributed by atoms with Crippen molar-refractivity contribution in [3.63, 3.8) is 0 Å². The SMILES string of the molecule is COC1=CC(=O)c2c(O)c3c(c(O)c2C1=O)C(=O)[C@]1(CCc2c1c(O)c1c(=O)[nH]c(C=NNC(=O)CN(C)C)cc1c2Cl)C3=O. The molecule has 0 saturated heterocycles. The maximum absolute atomic E-state index is 14.1. The monoisotopic (exact) mass is 634 g/mol. The van der Waals surface area contributed by atoms with Gasteiger partial charge >= 0.3 is 0 Å². The maximum Gasteiger partial charge on any atom is 0.260 e. The number of ketones is 4. The first-order valence-electron chi connectivity index (χ1n) is 13.4. The Morgan fingerprint density at radius 1 is 1.07 bits per heavy atom. The fourth-order valence-electron chi connectivity index (χ4n) is 6.37. The number of methoxy groups -OCH3 is 1. The van der Waals surface area contributed by atoms with Crippen molar-refractivity contribution in [1.29, 1.82) is 0 Å². The topological polar surface area (TPSA) is 216 Å². The van der Waals surface area contributed by atoms with Gasteiger partial charge in [0.25, 0.3) is 11.5 Å². The molecule has 1 heterocycles. The summed E-state index contributed by atoms with van der Waals surface area (Å²) in [4.78, 5) is 83.3. The number of carbonyl (C=O) groups is 5. The predicted octanol–water partition coefficient (Wildman–Crippen LogP) is 1.48. The lowest BCUT2D eigenvalue weighted by molar-refractivity contribution is -0.121. The molecule has 3 aliphatic rings. The normalized spacial score (nSPS) is 18.6. The fraction of sp³-hybridized carbons (Fsp3) is 0.233. The van der Waals surface area contributed by atoms with E-state index in [-0.39, 0.29) is 52.0 Å². The van der Waals surface area contributed by atoms with Crippen molar-refractivity contribution in [2.24, 2.45) is 5.10 Å². The number of fused-ring (bicyclic) bond motifs is 5. The Kier molecular flexibility index (Phi) is 6.67. The summed E-state index contributed by atoms with van der Waals surface area (Å²) in [5.74, 6) is -7.57. The van der Waals surface area contributed by atoms with Gasteiger partial charge in [0.15, 0.2) is 23.1 Å². The minimum atomic E-state index is -2.23. The standard InChI is InChI=1S/C30H23ClN4O10/c1-35(2)9-15(37)34-32-8-10-6-12-16(29(44)33-10)26(41)21-11(22(12)31)4-5-30(21)27(42)19-20(28(30)43)25(40)18-17(24(19)39)13(36)7-14(45-3)23(18)38/h6-8,39-41H,4-5,9H2,1-3H3,(H,33,44)(H,34,37)/t30-/m0/s1. The molecule has 14 nitrogen and oxygen atoms in total. The average molecular weight is 635 g/mol. The largest absolute Gasteiger partial charge is 0.507 e. The number of benzene rings is 2. The van der Waals surface area contributed by atoms with Gasteiger partial charge in [0.1, 0.15) is 22.7 Å². The second-order valence-corrected chi connectivity index (χ2v) is 11.4. The number of H-pyrrole nitrogens is 1. The number of pyridine rings is 1. The van der Waals surface area contributed by atoms with Crippen LogP contribution < -0.4 is 11.0 Å². The van der Waals surface area contributed by atoms with Gasteiger partial charge in [0, 0.05) is 17.0 Å². The molecule has 1 amide bonds. The van der Waals surface area contributed by atoms with Crippen LogP contribution in [0, 0.1) is 0 Å². The van der Waals surface area contributed by atoms with Gasteiger partial charge < -0.3 is 29.9 Å². The van der Waals surface area contributed by atoms with Crippen molar-refractivity contribution in [3.05, 3.63) is 72.4 Å². The number of halogens is 1. The molecule has 3 aliphatic carbocycles. The van der Waals surface area contributed by atoms with E-state index in [0.29, 0.717) is 0 Å². The first kappa shape index (κ1) is 29.7. The third-order valence-corrected chi connectivity index (χ3v) is 8.65. The number of carbonyl (C=O) groups excluding carboxylic acids is 5. The number of amides is 1. The summed E-state index contributed by atoms with van der Waals surface area (Å²) in [6.07, 6.45) is 1.65. The van der Waals surface area contributed by atoms with E-state index in [4.69, 9.17) is 16.3 Å². The molecule has 1 aromatic heterocycles. The molecule has 0 bridgehead atoms. The highest BCUT2D eigenvalue weighted by Gasteiger charge is 2.62. The van der Waals surface area contributed by atoms with Crippen LogP contribution in [0.15, 0.2) is 27.8 Å². The van der Waals surface area contributed by atoms with E-state index in [1.165, 1.54) is 6.07 Å². The number of Topliss-reactive ketones (excluding diaryl/α,β-unsaturated/α-hetero) is 3. The van der Waals surface area contributed by atoms with Crippen molar-refractivity contribution in [2.45, 2.75) is 18.3 Å². The van der Waals surface area contributed by atoms with Crippen molar-refractivity contribution in [1.82, 2.24) is 15.3 Å². The molecule has 5 N–H and O–H groups in total. The first-order valence-corrected chi connectivity index (χ1v) is 13.8. The summed E-state index contributed by atoms with van der Waals surface area (Å²) in [5.41, 5.74) is -3.53. The average Bonchev–Trinajstić information content (AvgIpc) is 3.48. The highest BCUT2D eigenvalue weighted by molar-refractivity contribution is 6.41. The Morgan fingerprint density at radius 3 is 2.33 bits per heavy atom. The van der Waals surface area contributed by atoms with E-state index in [2.05, 4.69) is 15.5 Å². The van der Waals surface area contributed by atoms with Crippen molar-refractivity contribution in [2.75, 3.05) is 27.7 Å². The van der Waals surface area contributed by atoms with Gasteiger partial charge in [0.05, 0.1) is 58.2 Å². The Morgan fingerprint density at radius 2 is 1.71 bits per heavy atom. The van der Waals surface area contributed by atoms with Crippen molar-refractivity contribution < 1.29 is 44.0 Å². The Balaban J connectivity index is 1.51. The van der Waals surface area contributed by atoms with Crippen molar-refractivity contribution in [3.8, 4) is 17.2 Å². The number of phenolic OH excluding ortho intramolecular Hbond substituents is 3. The van der Waals surface area contributed by atoms with E-state index in [0.717, 1.165) is 19.4 Å². The minimum Gasteiger partial charge on any atom is -0.507 e. The molecule has 45 heavy (non-hydrogen) atoms. The number of aromatic amines is 1. The number of phenols is 3. The van der Waals surface area contributed by atoms with Gasteiger partial charge in [-0.05, 0) is 38.6 Å². The molecule has 3 aromatic rings. The lowest BCUT2D eigenvalue weighted by atomic mass is 9.76. The lowest BCUT2D eigenvalue weighted by Gasteiger charge is -2.23. The summed E-state index contributed by atoms with van der Waals surface area (Å²) in [5, 5.41) is 37.3. The zero-order valence-electron chi connectivity index (χ0n) is 23.8. The summed E-state index contributed by atoms with van der Waals surface area (Å²) in [6, 6.07) is 1.39. The number of hydrogen-bond donors (Lipinski definition) is 5. The van der Waals surface area contributed by atoms with Crippen LogP contribution in [-0.4, -0.2) is 88.2 Å². The van der Waals surface area contributed by atoms with Crippen LogP contribution >= 0.6 is 11.6 Å². The molecule has 0 fully saturated rings. The molecular weight excluding hydrogens is 612 g/mol. The second-order valence-electron chi connectivity index (χ2n) is 11.1. The highest BCUT2D eigenvalue weighted by Crippen LogP contribution is 2.58. The molecule has 0 radical (unpaired) electrons. The van der Waals surface area contributed by atoms with E-state index < -0.39 is 85.3 Å². The van der Waals surface area contributed by atoms with Gasteiger partial charge in [-0.25, -0.2) is 5.43 Å². The summed E-state index contributed by atoms with van der Waals surface area (Å²) < 4.78 is 4.91. The molecule has 6 rings (SSSR count). The Hall–Kier alpha value is -5.34. The van der Waals surface area contributed by atoms with E-state index in [1.807, 2.05) is 0 Å². The first-order chi connectivity index (χ1) is 21.3. The van der Waals surface area contributed by atoms with Crippen LogP contribution in [0.25, 0.3) is 10.8 Å². The predicted molar refractivity (Wildman–Crippen MR) is 158 cm³/mol. The van der Waals surface area contributed by atoms with Gasteiger partial charge in [-0.3, -0.25) is 28.8 Å². The van der Waals surface area contributed by atoms with Gasteiger partial charge in [-0.15, -0.1) is 0 Å². The third kappa shape index (κ3) is 3.95. The van der Waals surface area contributed by atoms with E-state index >= 15 is 0 Å². The van der Waals surface area contributed by atoms with Gasteiger partial charge in [-0.2, -0.15) is 5.10 Å². The lowest BCUT2D eigenvalue weighted by Crippen LogP contribution is -2.36. The van der Waals surface area contributed by atoms with Crippen LogP contribution in [0.3, 0.4) is 0 Å². The third-order valence-electron chi connectivity index (χ3n) is 8.22. The molecule has 0 aliphatic heterocycles. The Labute approximate surface area is 257 Å². The fourth-order valence-corrected chi connectivity index (χ4v) is 6.71. The number of nitrogens with one attached hydrogen (secondary N) is 2. The number of ether oxygens (including phenoxy) is 1. The van der Waals surface area contributed by atoms with Crippen LogP contribution in [-0.2, 0) is 21.4 Å². The number of hydrazone groups is 1. The summed E-state index contributed by atoms with van der Waals surface area (Å²) in [7, 11) is 4.51. The number of nitrogens with zero attached hydrogens (tertiary/aromatic N) is 2. The number of allylic oxidation sites excluding steroid dienone is 2. The number of aromatic hydroxyl groups is 3. The molecule has 1 spiro atoms. The van der Waals surface area contributed by atoms with E-state index in [9.17, 15) is 44.1 Å². The quantitative estimate of drug-likeness (QED) is 0.117. The van der Waals surface area contributed by atoms with Crippen LogP contribution in [0.5, 0.6) is 17.2 Å². The molecule has 230 valence electrons. The summed E-state index contributed by atoms with van der Waals surface area (Å²) >= 11 is 6.73. The van der Waals surface area contributed by atoms with Crippen LogP contribution in [0.2, 0.25) is 5.02 Å². The Bertz CT molecular complexity index is 2090. The minimum absolute atomic E-state index is 0.0333. The van der Waals surface area contributed by atoms with Gasteiger partial charge in [0.2, 0.25) is 5.78 Å². The maximum atomic E-state index is 14.1. The molecule has 0 unspecified atom stereocenters. The van der Waals surface area contributed by atoms with Crippen LogP contribution in [0.4, 0.5) is 0 Å². The number of hydrogen-bond acceptors (Lipinski definition) is 12. The number of aromatic nitrogens is 1. The van der Waals surface area contributed by atoms with Crippen LogP contribution in [0.1, 0.15) is 64.7 Å². The molecule has 0 saturated carbocycles. The zero-order chi connectivity index (χ0) is 32.7. The van der Waals surface area contributed by atoms with E-state index in [1.54, 1.807) is 19.0 Å². The number of rotatable bonds is 5. The molecule has 15 heteroatoms. The molecular formula is C30H23ClN4O10. The van der Waals surface area contributed by atoms with Crippen molar-refractivity contribution >= 4 is 57.6 Å². The molecule has 1 atom stereocenters.